The summed E-state index contributed by atoms with van der Waals surface area (Å²) in [5, 5.41) is 11.5. The third-order valence-electron chi connectivity index (χ3n) is 1.41. The molecule has 1 amide bonds. The Kier molecular flexibility index (Phi) is 1.80. The number of rotatable bonds is 0. The van der Waals surface area contributed by atoms with Crippen molar-refractivity contribution < 1.29 is 9.90 Å². The average molecular weight is 142 g/mol. The maximum atomic E-state index is 10.4. The quantitative estimate of drug-likeness (QED) is 0.503. The molecule has 1 aliphatic rings. The Morgan fingerprint density at radius 3 is 2.90 bits per heavy atom. The lowest BCUT2D eigenvalue weighted by Crippen LogP contribution is -2.44. The Labute approximate surface area is 59.1 Å². The molecule has 0 aromatic carbocycles. The van der Waals surface area contributed by atoms with Crippen molar-refractivity contribution in [3.8, 4) is 0 Å². The van der Waals surface area contributed by atoms with Gasteiger partial charge in [-0.05, 0) is 0 Å². The first-order chi connectivity index (χ1) is 4.70. The molecular formula is C6H10N2O2. The second-order valence-corrected chi connectivity index (χ2v) is 2.23. The Morgan fingerprint density at radius 1 is 1.80 bits per heavy atom. The zero-order valence-electron chi connectivity index (χ0n) is 5.63. The van der Waals surface area contributed by atoms with Crippen molar-refractivity contribution in [1.29, 1.82) is 0 Å². The van der Waals surface area contributed by atoms with Gasteiger partial charge in [-0.3, -0.25) is 0 Å². The van der Waals surface area contributed by atoms with Crippen LogP contribution < -0.4 is 5.32 Å². The van der Waals surface area contributed by atoms with Gasteiger partial charge in [-0.1, -0.05) is 6.58 Å². The Hall–Kier alpha value is -1.19. The molecule has 1 heterocycles. The van der Waals surface area contributed by atoms with Gasteiger partial charge in [0.2, 0.25) is 0 Å². The van der Waals surface area contributed by atoms with Crippen LogP contribution in [0.1, 0.15) is 0 Å². The van der Waals surface area contributed by atoms with Gasteiger partial charge in [0.15, 0.2) is 0 Å². The van der Waals surface area contributed by atoms with Crippen molar-refractivity contribution in [2.45, 2.75) is 0 Å². The van der Waals surface area contributed by atoms with Gasteiger partial charge < -0.3 is 15.3 Å². The van der Waals surface area contributed by atoms with Gasteiger partial charge >= 0.3 is 6.09 Å². The summed E-state index contributed by atoms with van der Waals surface area (Å²) in [7, 11) is 0. The molecule has 2 N–H and O–H groups in total. The lowest BCUT2D eigenvalue weighted by Gasteiger charge is -2.26. The van der Waals surface area contributed by atoms with E-state index in [1.807, 2.05) is 0 Å². The van der Waals surface area contributed by atoms with Gasteiger partial charge in [-0.2, -0.15) is 0 Å². The zero-order valence-corrected chi connectivity index (χ0v) is 5.63. The van der Waals surface area contributed by atoms with E-state index in [2.05, 4.69) is 11.9 Å². The second kappa shape index (κ2) is 2.60. The fourth-order valence-electron chi connectivity index (χ4n) is 0.896. The molecule has 1 rings (SSSR count). The topological polar surface area (TPSA) is 52.6 Å². The van der Waals surface area contributed by atoms with E-state index < -0.39 is 6.09 Å². The molecular weight excluding hydrogens is 132 g/mol. The summed E-state index contributed by atoms with van der Waals surface area (Å²) in [5.74, 6) is 0. The highest BCUT2D eigenvalue weighted by molar-refractivity contribution is 5.65. The molecule has 0 aromatic rings. The van der Waals surface area contributed by atoms with Crippen molar-refractivity contribution in [1.82, 2.24) is 10.2 Å². The molecule has 0 spiro atoms. The number of hydrogen-bond acceptors (Lipinski definition) is 2. The Morgan fingerprint density at radius 2 is 2.50 bits per heavy atom. The van der Waals surface area contributed by atoms with Crippen LogP contribution in [0.4, 0.5) is 4.79 Å². The van der Waals surface area contributed by atoms with Gasteiger partial charge in [0.1, 0.15) is 0 Å². The molecule has 0 bridgehead atoms. The first-order valence-electron chi connectivity index (χ1n) is 3.09. The van der Waals surface area contributed by atoms with Crippen LogP contribution in [0.5, 0.6) is 0 Å². The summed E-state index contributed by atoms with van der Waals surface area (Å²) in [5.41, 5.74) is 0.772. The first-order valence-corrected chi connectivity index (χ1v) is 3.09. The molecule has 0 aliphatic carbocycles. The van der Waals surface area contributed by atoms with Gasteiger partial charge in [-0.15, -0.1) is 0 Å². The monoisotopic (exact) mass is 142 g/mol. The SMILES string of the molecule is C=C1CN(C(=O)O)CCN1. The molecule has 1 aliphatic heterocycles. The Bertz CT molecular complexity index is 165. The molecule has 0 unspecified atom stereocenters. The highest BCUT2D eigenvalue weighted by Crippen LogP contribution is 1.98. The number of amides is 1. The number of hydrogen-bond donors (Lipinski definition) is 2. The van der Waals surface area contributed by atoms with E-state index >= 15 is 0 Å². The smallest absolute Gasteiger partial charge is 0.407 e. The van der Waals surface area contributed by atoms with Gasteiger partial charge in [-0.25, -0.2) is 4.79 Å². The number of nitrogens with one attached hydrogen (secondary N) is 1. The highest BCUT2D eigenvalue weighted by Gasteiger charge is 2.15. The zero-order chi connectivity index (χ0) is 7.56. The van der Waals surface area contributed by atoms with Crippen LogP contribution >= 0.6 is 0 Å². The minimum Gasteiger partial charge on any atom is -0.465 e. The minimum absolute atomic E-state index is 0.412. The number of carbonyl (C=O) groups is 1. The van der Waals surface area contributed by atoms with E-state index in [1.54, 1.807) is 0 Å². The average Bonchev–Trinajstić information content (AvgIpc) is 1.88. The molecule has 10 heavy (non-hydrogen) atoms. The van der Waals surface area contributed by atoms with Gasteiger partial charge in [0, 0.05) is 18.8 Å². The van der Waals surface area contributed by atoms with Crippen molar-refractivity contribution in [2.24, 2.45) is 0 Å². The van der Waals surface area contributed by atoms with Gasteiger partial charge in [0.05, 0.1) is 6.54 Å². The normalized spacial score (nSPS) is 18.4. The fourth-order valence-corrected chi connectivity index (χ4v) is 0.896. The lowest BCUT2D eigenvalue weighted by atomic mass is 10.3. The second-order valence-electron chi connectivity index (χ2n) is 2.23. The molecule has 56 valence electrons. The van der Waals surface area contributed by atoms with Crippen molar-refractivity contribution in [3.63, 3.8) is 0 Å². The molecule has 0 saturated carbocycles. The first kappa shape index (κ1) is 6.92. The van der Waals surface area contributed by atoms with Crippen LogP contribution in [0.2, 0.25) is 0 Å². The summed E-state index contributed by atoms with van der Waals surface area (Å²) in [6, 6.07) is 0. The summed E-state index contributed by atoms with van der Waals surface area (Å²) < 4.78 is 0. The van der Waals surface area contributed by atoms with Crippen LogP contribution in [0.25, 0.3) is 0 Å². The van der Waals surface area contributed by atoms with Crippen molar-refractivity contribution in [3.05, 3.63) is 12.3 Å². The van der Waals surface area contributed by atoms with Crippen LogP contribution in [0.3, 0.4) is 0 Å². The van der Waals surface area contributed by atoms with E-state index in [0.29, 0.717) is 19.6 Å². The van der Waals surface area contributed by atoms with Crippen LogP contribution in [0, 0.1) is 0 Å². The number of carboxylic acid groups (broad SMARTS) is 1. The van der Waals surface area contributed by atoms with Crippen molar-refractivity contribution in [2.75, 3.05) is 19.6 Å². The molecule has 0 radical (unpaired) electrons. The molecule has 4 nitrogen and oxygen atoms in total. The third-order valence-corrected chi connectivity index (χ3v) is 1.41. The van der Waals surface area contributed by atoms with E-state index in [9.17, 15) is 4.79 Å². The maximum Gasteiger partial charge on any atom is 0.407 e. The summed E-state index contributed by atoms with van der Waals surface area (Å²) in [6.07, 6.45) is -0.873. The lowest BCUT2D eigenvalue weighted by molar-refractivity contribution is 0.144. The largest absolute Gasteiger partial charge is 0.465 e. The Balaban J connectivity index is 2.47. The van der Waals surface area contributed by atoms with E-state index in [-0.39, 0.29) is 0 Å². The molecule has 1 fully saturated rings. The standard InChI is InChI=1S/C6H10N2O2/c1-5-4-8(6(9)10)3-2-7-5/h7H,1-4H2,(H,9,10). The summed E-state index contributed by atoms with van der Waals surface area (Å²) in [4.78, 5) is 11.7. The third kappa shape index (κ3) is 1.40. The minimum atomic E-state index is -0.873. The van der Waals surface area contributed by atoms with Crippen LogP contribution in [-0.2, 0) is 0 Å². The molecule has 4 heteroatoms. The highest BCUT2D eigenvalue weighted by atomic mass is 16.4. The number of nitrogens with zero attached hydrogens (tertiary/aromatic N) is 1. The predicted molar refractivity (Wildman–Crippen MR) is 36.7 cm³/mol. The van der Waals surface area contributed by atoms with Crippen LogP contribution in [-0.4, -0.2) is 35.7 Å². The summed E-state index contributed by atoms with van der Waals surface area (Å²) >= 11 is 0. The molecule has 0 atom stereocenters. The van der Waals surface area contributed by atoms with E-state index in [0.717, 1.165) is 5.70 Å². The summed E-state index contributed by atoms with van der Waals surface area (Å²) in [6.45, 7) is 5.26. The van der Waals surface area contributed by atoms with E-state index in [4.69, 9.17) is 5.11 Å². The number of piperazine rings is 1. The fraction of sp³-hybridized carbons (Fsp3) is 0.500. The van der Waals surface area contributed by atoms with E-state index in [1.165, 1.54) is 4.90 Å². The maximum absolute atomic E-state index is 10.4. The molecule has 1 saturated heterocycles. The van der Waals surface area contributed by atoms with Gasteiger partial charge in [0.25, 0.3) is 0 Å². The van der Waals surface area contributed by atoms with Crippen LogP contribution in [0.15, 0.2) is 12.3 Å². The predicted octanol–water partition coefficient (Wildman–Crippen LogP) is 0.0833. The molecule has 0 aromatic heterocycles. The van der Waals surface area contributed by atoms with Crippen molar-refractivity contribution >= 4 is 6.09 Å².